The topological polar surface area (TPSA) is 29.1 Å². The van der Waals surface area contributed by atoms with Crippen molar-refractivity contribution in [2.75, 3.05) is 16.8 Å². The minimum Gasteiger partial charge on any atom is -0.326 e. The van der Waals surface area contributed by atoms with Gasteiger partial charge in [-0.15, -0.1) is 0 Å². The number of halogens is 1. The van der Waals surface area contributed by atoms with Crippen LogP contribution in [-0.4, -0.2) is 17.4 Å². The summed E-state index contributed by atoms with van der Waals surface area (Å²) in [4.78, 5) is 12.0. The van der Waals surface area contributed by atoms with Crippen molar-refractivity contribution in [2.24, 2.45) is 5.92 Å². The maximum atomic E-state index is 12.0. The molecule has 4 heteroatoms. The highest BCUT2D eigenvalue weighted by atomic mass is 79.9. The molecule has 0 spiro atoms. The number of hydrogen-bond acceptors (Lipinski definition) is 2. The summed E-state index contributed by atoms with van der Waals surface area (Å²) in [6.45, 7) is 2.02. The maximum absolute atomic E-state index is 12.0. The molecule has 0 bridgehead atoms. The summed E-state index contributed by atoms with van der Waals surface area (Å²) >= 11 is 5.40. The molecule has 1 heterocycles. The highest BCUT2D eigenvalue weighted by Gasteiger charge is 2.21. The van der Waals surface area contributed by atoms with E-state index in [1.54, 1.807) is 0 Å². The predicted molar refractivity (Wildman–Crippen MR) is 77.6 cm³/mol. The van der Waals surface area contributed by atoms with Crippen LogP contribution in [0.2, 0.25) is 0 Å². The summed E-state index contributed by atoms with van der Waals surface area (Å²) in [5, 5.41) is 3.01. The van der Waals surface area contributed by atoms with Crippen LogP contribution in [0.3, 0.4) is 0 Å². The molecular formula is C13H16BrNOS. The lowest BCUT2D eigenvalue weighted by Crippen LogP contribution is -2.26. The fourth-order valence-corrected chi connectivity index (χ4v) is 3.28. The maximum Gasteiger partial charge on any atom is 0.227 e. The van der Waals surface area contributed by atoms with Crippen molar-refractivity contribution in [1.82, 2.24) is 0 Å². The Kier molecular flexibility index (Phi) is 4.51. The fourth-order valence-electron chi connectivity index (χ4n) is 1.93. The van der Waals surface area contributed by atoms with Crippen LogP contribution in [0.5, 0.6) is 0 Å². The Bertz CT molecular complexity index is 416. The molecule has 92 valence electrons. The third-order valence-electron chi connectivity index (χ3n) is 3.02. The van der Waals surface area contributed by atoms with E-state index in [9.17, 15) is 4.79 Å². The average molecular weight is 314 g/mol. The van der Waals surface area contributed by atoms with Crippen molar-refractivity contribution in [3.63, 3.8) is 0 Å². The molecule has 1 N–H and O–H groups in total. The lowest BCUT2D eigenvalue weighted by Gasteiger charge is -2.20. The van der Waals surface area contributed by atoms with E-state index in [2.05, 4.69) is 21.2 Å². The Morgan fingerprint density at radius 3 is 2.76 bits per heavy atom. The molecule has 0 aliphatic carbocycles. The van der Waals surface area contributed by atoms with Gasteiger partial charge in [0.2, 0.25) is 5.91 Å². The first-order valence-electron chi connectivity index (χ1n) is 5.81. The van der Waals surface area contributed by atoms with Crippen molar-refractivity contribution in [1.29, 1.82) is 0 Å². The molecule has 1 aliphatic heterocycles. The largest absolute Gasteiger partial charge is 0.326 e. The Balaban J connectivity index is 1.99. The van der Waals surface area contributed by atoms with Crippen LogP contribution in [-0.2, 0) is 4.79 Å². The van der Waals surface area contributed by atoms with Crippen LogP contribution in [0.4, 0.5) is 5.69 Å². The Labute approximate surface area is 115 Å². The van der Waals surface area contributed by atoms with E-state index in [1.165, 1.54) is 0 Å². The third kappa shape index (κ3) is 3.49. The second-order valence-electron chi connectivity index (χ2n) is 4.34. The van der Waals surface area contributed by atoms with Gasteiger partial charge in [0.05, 0.1) is 0 Å². The van der Waals surface area contributed by atoms with Gasteiger partial charge in [0.25, 0.3) is 0 Å². The number of aryl methyl sites for hydroxylation is 1. The summed E-state index contributed by atoms with van der Waals surface area (Å²) in [6, 6.07) is 5.91. The number of nitrogens with one attached hydrogen (secondary N) is 1. The molecule has 1 aromatic rings. The van der Waals surface area contributed by atoms with Crippen LogP contribution in [0.1, 0.15) is 18.4 Å². The summed E-state index contributed by atoms with van der Waals surface area (Å²) in [5.74, 6) is 2.58. The third-order valence-corrected chi connectivity index (χ3v) is 4.96. The normalized spacial score (nSPS) is 16.8. The number of carbonyl (C=O) groups excluding carboxylic acids is 1. The number of amides is 1. The second-order valence-corrected chi connectivity index (χ2v) is 6.42. The van der Waals surface area contributed by atoms with Gasteiger partial charge in [-0.1, -0.05) is 15.9 Å². The molecule has 1 aliphatic rings. The van der Waals surface area contributed by atoms with Gasteiger partial charge in [0.15, 0.2) is 0 Å². The standard InChI is InChI=1S/C13H16BrNOS/c1-9-8-11(2-3-12(9)14)15-13(16)10-4-6-17-7-5-10/h2-3,8,10H,4-7H2,1H3,(H,15,16). The Morgan fingerprint density at radius 1 is 1.41 bits per heavy atom. The van der Waals surface area contributed by atoms with Crippen LogP contribution < -0.4 is 5.32 Å². The van der Waals surface area contributed by atoms with Crippen LogP contribution in [0.15, 0.2) is 22.7 Å². The number of rotatable bonds is 2. The molecule has 1 amide bonds. The van der Waals surface area contributed by atoms with E-state index < -0.39 is 0 Å². The van der Waals surface area contributed by atoms with E-state index >= 15 is 0 Å². The van der Waals surface area contributed by atoms with E-state index in [4.69, 9.17) is 0 Å². The molecular weight excluding hydrogens is 298 g/mol. The number of benzene rings is 1. The molecule has 17 heavy (non-hydrogen) atoms. The van der Waals surface area contributed by atoms with Crippen molar-refractivity contribution < 1.29 is 4.79 Å². The first kappa shape index (κ1) is 13.0. The minimum atomic E-state index is 0.173. The summed E-state index contributed by atoms with van der Waals surface area (Å²) in [5.41, 5.74) is 2.04. The van der Waals surface area contributed by atoms with Gasteiger partial charge in [-0.2, -0.15) is 11.8 Å². The molecule has 1 aromatic carbocycles. The van der Waals surface area contributed by atoms with Crippen molar-refractivity contribution in [3.05, 3.63) is 28.2 Å². The quantitative estimate of drug-likeness (QED) is 0.898. The molecule has 1 saturated heterocycles. The monoisotopic (exact) mass is 313 g/mol. The van der Waals surface area contributed by atoms with E-state index in [0.717, 1.165) is 40.1 Å². The lowest BCUT2D eigenvalue weighted by atomic mass is 10.0. The Hall–Kier alpha value is -0.480. The van der Waals surface area contributed by atoms with Gasteiger partial charge in [-0.05, 0) is 55.0 Å². The molecule has 0 saturated carbocycles. The van der Waals surface area contributed by atoms with Crippen molar-refractivity contribution in [3.8, 4) is 0 Å². The van der Waals surface area contributed by atoms with Crippen molar-refractivity contribution in [2.45, 2.75) is 19.8 Å². The number of carbonyl (C=O) groups is 1. The number of hydrogen-bond donors (Lipinski definition) is 1. The van der Waals surface area contributed by atoms with E-state index in [-0.39, 0.29) is 11.8 Å². The highest BCUT2D eigenvalue weighted by molar-refractivity contribution is 9.10. The van der Waals surface area contributed by atoms with Gasteiger partial charge < -0.3 is 5.32 Å². The molecule has 2 nitrogen and oxygen atoms in total. The predicted octanol–water partition coefficient (Wildman–Crippen LogP) is 3.84. The molecule has 2 rings (SSSR count). The van der Waals surface area contributed by atoms with Gasteiger partial charge in [-0.3, -0.25) is 4.79 Å². The van der Waals surface area contributed by atoms with Crippen LogP contribution >= 0.6 is 27.7 Å². The number of thioether (sulfide) groups is 1. The lowest BCUT2D eigenvalue weighted by molar-refractivity contribution is -0.120. The van der Waals surface area contributed by atoms with Gasteiger partial charge in [0.1, 0.15) is 0 Å². The van der Waals surface area contributed by atoms with Gasteiger partial charge in [0, 0.05) is 16.1 Å². The van der Waals surface area contributed by atoms with E-state index in [1.807, 2.05) is 36.9 Å². The van der Waals surface area contributed by atoms with Gasteiger partial charge >= 0.3 is 0 Å². The van der Waals surface area contributed by atoms with Crippen LogP contribution in [0.25, 0.3) is 0 Å². The zero-order chi connectivity index (χ0) is 12.3. The first-order chi connectivity index (χ1) is 8.16. The zero-order valence-electron chi connectivity index (χ0n) is 9.83. The molecule has 0 aromatic heterocycles. The summed E-state index contributed by atoms with van der Waals surface area (Å²) < 4.78 is 1.07. The molecule has 0 atom stereocenters. The van der Waals surface area contributed by atoms with Crippen LogP contribution in [0, 0.1) is 12.8 Å². The summed E-state index contributed by atoms with van der Waals surface area (Å²) in [6.07, 6.45) is 2.01. The second kappa shape index (κ2) is 5.91. The molecule has 1 fully saturated rings. The fraction of sp³-hybridized carbons (Fsp3) is 0.462. The van der Waals surface area contributed by atoms with Gasteiger partial charge in [-0.25, -0.2) is 0 Å². The average Bonchev–Trinajstić information content (AvgIpc) is 2.35. The first-order valence-corrected chi connectivity index (χ1v) is 7.76. The molecule has 0 unspecified atom stereocenters. The minimum absolute atomic E-state index is 0.173. The zero-order valence-corrected chi connectivity index (χ0v) is 12.2. The van der Waals surface area contributed by atoms with E-state index in [0.29, 0.717) is 0 Å². The number of anilines is 1. The highest BCUT2D eigenvalue weighted by Crippen LogP contribution is 2.25. The van der Waals surface area contributed by atoms with Crippen molar-refractivity contribution >= 4 is 39.3 Å². The Morgan fingerprint density at radius 2 is 2.12 bits per heavy atom. The smallest absolute Gasteiger partial charge is 0.227 e. The summed E-state index contributed by atoms with van der Waals surface area (Å²) in [7, 11) is 0. The molecule has 0 radical (unpaired) electrons. The SMILES string of the molecule is Cc1cc(NC(=O)C2CCSCC2)ccc1Br.